The highest BCUT2D eigenvalue weighted by Crippen LogP contribution is 2.23. The zero-order valence-electron chi connectivity index (χ0n) is 10.0. The topological polar surface area (TPSA) is 58.4 Å². The molecule has 88 valence electrons. The first-order valence-corrected chi connectivity index (χ1v) is 5.79. The highest BCUT2D eigenvalue weighted by molar-refractivity contribution is 5.77. The van der Waals surface area contributed by atoms with Crippen LogP contribution >= 0.6 is 0 Å². The van der Waals surface area contributed by atoms with Crippen molar-refractivity contribution in [3.63, 3.8) is 0 Å². The predicted molar refractivity (Wildman–Crippen MR) is 61.7 cm³/mol. The van der Waals surface area contributed by atoms with Crippen LogP contribution in [0.4, 0.5) is 4.79 Å². The van der Waals surface area contributed by atoms with Gasteiger partial charge in [-0.1, -0.05) is 13.3 Å². The van der Waals surface area contributed by atoms with Gasteiger partial charge in [-0.25, -0.2) is 4.79 Å². The second-order valence-electron chi connectivity index (χ2n) is 4.90. The van der Waals surface area contributed by atoms with E-state index in [0.29, 0.717) is 12.6 Å². The Morgan fingerprint density at radius 2 is 2.27 bits per heavy atom. The molecule has 1 atom stereocenters. The summed E-state index contributed by atoms with van der Waals surface area (Å²) in [6.45, 7) is 7.73. The second-order valence-corrected chi connectivity index (χ2v) is 4.90. The number of carbonyl (C=O) groups is 1. The van der Waals surface area contributed by atoms with Gasteiger partial charge in [-0.2, -0.15) is 0 Å². The van der Waals surface area contributed by atoms with Gasteiger partial charge in [0.1, 0.15) is 0 Å². The molecule has 4 heteroatoms. The molecule has 2 amide bonds. The predicted octanol–water partition coefficient (Wildman–Crippen LogP) is 1.31. The van der Waals surface area contributed by atoms with E-state index in [0.717, 1.165) is 25.8 Å². The van der Waals surface area contributed by atoms with E-state index in [2.05, 4.69) is 26.1 Å². The van der Waals surface area contributed by atoms with Crippen molar-refractivity contribution < 1.29 is 4.79 Å². The molecule has 3 N–H and O–H groups in total. The van der Waals surface area contributed by atoms with Gasteiger partial charge >= 0.3 is 6.03 Å². The number of nitrogens with zero attached hydrogens (tertiary/aromatic N) is 1. The van der Waals surface area contributed by atoms with Gasteiger partial charge in [-0.05, 0) is 33.2 Å². The van der Waals surface area contributed by atoms with E-state index in [-0.39, 0.29) is 11.6 Å². The van der Waals surface area contributed by atoms with Crippen molar-refractivity contribution >= 4 is 6.03 Å². The molecule has 0 aliphatic carbocycles. The van der Waals surface area contributed by atoms with Gasteiger partial charge in [0, 0.05) is 18.1 Å². The molecule has 0 aromatic rings. The first-order valence-electron chi connectivity index (χ1n) is 5.79. The molecule has 1 aliphatic heterocycles. The van der Waals surface area contributed by atoms with Gasteiger partial charge in [-0.15, -0.1) is 0 Å². The summed E-state index contributed by atoms with van der Waals surface area (Å²) >= 11 is 0. The minimum atomic E-state index is -0.124. The normalized spacial score (nSPS) is 22.0. The Balaban J connectivity index is 2.60. The molecular weight excluding hydrogens is 190 g/mol. The summed E-state index contributed by atoms with van der Waals surface area (Å²) in [6, 6.07) is 0.381. The summed E-state index contributed by atoms with van der Waals surface area (Å²) < 4.78 is 0. The number of nitrogens with one attached hydrogen (secondary N) is 1. The second kappa shape index (κ2) is 4.84. The van der Waals surface area contributed by atoms with E-state index in [4.69, 9.17) is 5.73 Å². The lowest BCUT2D eigenvalue weighted by Gasteiger charge is -2.34. The molecule has 0 aromatic heterocycles. The number of hydrogen-bond donors (Lipinski definition) is 2. The Morgan fingerprint density at radius 3 is 2.80 bits per heavy atom. The highest BCUT2D eigenvalue weighted by Gasteiger charge is 2.37. The highest BCUT2D eigenvalue weighted by atomic mass is 16.2. The third-order valence-corrected chi connectivity index (χ3v) is 3.10. The van der Waals surface area contributed by atoms with Gasteiger partial charge in [0.15, 0.2) is 0 Å². The average molecular weight is 213 g/mol. The molecule has 1 fully saturated rings. The van der Waals surface area contributed by atoms with Crippen LogP contribution in [0.1, 0.15) is 40.0 Å². The van der Waals surface area contributed by atoms with E-state index in [1.165, 1.54) is 0 Å². The van der Waals surface area contributed by atoms with Crippen molar-refractivity contribution in [1.29, 1.82) is 0 Å². The van der Waals surface area contributed by atoms with E-state index >= 15 is 0 Å². The van der Waals surface area contributed by atoms with Crippen molar-refractivity contribution in [3.05, 3.63) is 0 Å². The lowest BCUT2D eigenvalue weighted by molar-refractivity contribution is 0.153. The maximum Gasteiger partial charge on any atom is 0.318 e. The lowest BCUT2D eigenvalue weighted by atomic mass is 9.98. The SMILES string of the molecule is CCCC1CN(C(C)(C)CCN)C(=O)N1. The minimum Gasteiger partial charge on any atom is -0.333 e. The summed E-state index contributed by atoms with van der Waals surface area (Å²) in [5.41, 5.74) is 5.44. The summed E-state index contributed by atoms with van der Waals surface area (Å²) in [7, 11) is 0. The van der Waals surface area contributed by atoms with Crippen LogP contribution in [0.2, 0.25) is 0 Å². The molecule has 0 bridgehead atoms. The van der Waals surface area contributed by atoms with Crippen LogP contribution in [-0.4, -0.2) is 35.6 Å². The van der Waals surface area contributed by atoms with Gasteiger partial charge in [-0.3, -0.25) is 0 Å². The Bertz CT molecular complexity index is 228. The first kappa shape index (κ1) is 12.3. The van der Waals surface area contributed by atoms with Crippen molar-refractivity contribution in [3.8, 4) is 0 Å². The number of carbonyl (C=O) groups excluding carboxylic acids is 1. The van der Waals surface area contributed by atoms with Crippen molar-refractivity contribution in [1.82, 2.24) is 10.2 Å². The van der Waals surface area contributed by atoms with Crippen LogP contribution in [-0.2, 0) is 0 Å². The number of amides is 2. The summed E-state index contributed by atoms with van der Waals surface area (Å²) in [5.74, 6) is 0. The lowest BCUT2D eigenvalue weighted by Crippen LogP contribution is -2.47. The number of rotatable bonds is 5. The number of urea groups is 1. The maximum absolute atomic E-state index is 11.8. The molecule has 0 spiro atoms. The summed E-state index contributed by atoms with van der Waals surface area (Å²) in [6.07, 6.45) is 3.01. The standard InChI is InChI=1S/C11H23N3O/c1-4-5-9-8-14(10(15)13-9)11(2,3)6-7-12/h9H,4-8,12H2,1-3H3,(H,13,15). The summed E-state index contributed by atoms with van der Waals surface area (Å²) in [4.78, 5) is 13.7. The molecule has 4 nitrogen and oxygen atoms in total. The molecule has 1 unspecified atom stereocenters. The van der Waals surface area contributed by atoms with Crippen LogP contribution in [0.15, 0.2) is 0 Å². The fourth-order valence-corrected chi connectivity index (χ4v) is 2.12. The average Bonchev–Trinajstić information content (AvgIpc) is 2.48. The molecule has 1 saturated heterocycles. The van der Waals surface area contributed by atoms with Crippen molar-refractivity contribution in [2.24, 2.45) is 5.73 Å². The molecule has 0 radical (unpaired) electrons. The Labute approximate surface area is 92.2 Å². The Kier molecular flexibility index (Phi) is 3.97. The fourth-order valence-electron chi connectivity index (χ4n) is 2.12. The van der Waals surface area contributed by atoms with Crippen molar-refractivity contribution in [2.45, 2.75) is 51.6 Å². The van der Waals surface area contributed by atoms with E-state index in [1.54, 1.807) is 0 Å². The zero-order valence-corrected chi connectivity index (χ0v) is 10.0. The van der Waals surface area contributed by atoms with Gasteiger partial charge in [0.2, 0.25) is 0 Å². The maximum atomic E-state index is 11.8. The third kappa shape index (κ3) is 2.84. The third-order valence-electron chi connectivity index (χ3n) is 3.10. The Hall–Kier alpha value is -0.770. The van der Waals surface area contributed by atoms with Crippen molar-refractivity contribution in [2.75, 3.05) is 13.1 Å². The van der Waals surface area contributed by atoms with E-state index in [1.807, 2.05) is 4.90 Å². The molecule has 0 saturated carbocycles. The molecule has 1 aliphatic rings. The Morgan fingerprint density at radius 1 is 1.60 bits per heavy atom. The molecule has 1 heterocycles. The van der Waals surface area contributed by atoms with Gasteiger partial charge in [0.25, 0.3) is 0 Å². The van der Waals surface area contributed by atoms with Gasteiger partial charge in [0.05, 0.1) is 0 Å². The number of hydrogen-bond acceptors (Lipinski definition) is 2. The molecular formula is C11H23N3O. The molecule has 1 rings (SSSR count). The minimum absolute atomic E-state index is 0.0619. The van der Waals surface area contributed by atoms with Crippen LogP contribution in [0, 0.1) is 0 Å². The molecule has 0 aromatic carbocycles. The fraction of sp³-hybridized carbons (Fsp3) is 0.909. The van der Waals surface area contributed by atoms with Crippen LogP contribution < -0.4 is 11.1 Å². The van der Waals surface area contributed by atoms with Crippen LogP contribution in [0.3, 0.4) is 0 Å². The monoisotopic (exact) mass is 213 g/mol. The first-order chi connectivity index (χ1) is 7.01. The van der Waals surface area contributed by atoms with Crippen LogP contribution in [0.5, 0.6) is 0 Å². The van der Waals surface area contributed by atoms with E-state index < -0.39 is 0 Å². The quantitative estimate of drug-likeness (QED) is 0.723. The van der Waals surface area contributed by atoms with Crippen LogP contribution in [0.25, 0.3) is 0 Å². The largest absolute Gasteiger partial charge is 0.333 e. The number of nitrogens with two attached hydrogens (primary N) is 1. The van der Waals surface area contributed by atoms with Gasteiger partial charge < -0.3 is 16.0 Å². The smallest absolute Gasteiger partial charge is 0.318 e. The van der Waals surface area contributed by atoms with E-state index in [9.17, 15) is 4.79 Å². The molecule has 15 heavy (non-hydrogen) atoms. The zero-order chi connectivity index (χ0) is 11.5. The summed E-state index contributed by atoms with van der Waals surface area (Å²) in [5, 5.41) is 3.02.